The minimum atomic E-state index is -3.27. The molecule has 7 nitrogen and oxygen atoms in total. The fourth-order valence-corrected chi connectivity index (χ4v) is 3.22. The van der Waals surface area contributed by atoms with E-state index in [0.29, 0.717) is 41.1 Å². The van der Waals surface area contributed by atoms with Crippen molar-refractivity contribution in [2.45, 2.75) is 4.90 Å². The first-order valence-electron chi connectivity index (χ1n) is 7.76. The van der Waals surface area contributed by atoms with E-state index in [9.17, 15) is 13.2 Å². The second kappa shape index (κ2) is 7.43. The van der Waals surface area contributed by atoms with E-state index in [-0.39, 0.29) is 17.3 Å². The lowest BCUT2D eigenvalue weighted by atomic mass is 10.2. The Labute approximate surface area is 156 Å². The Balaban J connectivity index is 1.61. The van der Waals surface area contributed by atoms with Crippen LogP contribution >= 0.6 is 11.6 Å². The molecule has 0 atom stereocenters. The highest BCUT2D eigenvalue weighted by Gasteiger charge is 2.15. The number of amides is 1. The van der Waals surface area contributed by atoms with Crippen LogP contribution in [0.5, 0.6) is 11.5 Å². The Morgan fingerprint density at radius 3 is 2.35 bits per heavy atom. The Hall–Kier alpha value is -2.45. The molecule has 2 aromatic carbocycles. The largest absolute Gasteiger partial charge is 0.486 e. The van der Waals surface area contributed by atoms with Crippen molar-refractivity contribution in [2.75, 3.05) is 36.6 Å². The number of rotatable bonds is 5. The van der Waals surface area contributed by atoms with Crippen LogP contribution in [0.1, 0.15) is 0 Å². The third-order valence-corrected chi connectivity index (χ3v) is 5.08. The van der Waals surface area contributed by atoms with Gasteiger partial charge in [0.15, 0.2) is 21.3 Å². The summed E-state index contributed by atoms with van der Waals surface area (Å²) in [6.07, 6.45) is 1.13. The van der Waals surface area contributed by atoms with Gasteiger partial charge in [-0.25, -0.2) is 8.42 Å². The standard InChI is InChI=1S/C17H17ClN2O5S/c1-26(22,23)12-4-2-11(3-5-12)20-17(21)10-19-14-9-16-15(8-13(14)18)24-6-7-25-16/h2-5,8-9,19H,6-7,10H2,1H3,(H,20,21). The van der Waals surface area contributed by atoms with Gasteiger partial charge in [-0.1, -0.05) is 11.6 Å². The summed E-state index contributed by atoms with van der Waals surface area (Å²) in [7, 11) is -3.27. The predicted molar refractivity (Wildman–Crippen MR) is 99.1 cm³/mol. The van der Waals surface area contributed by atoms with Crippen LogP contribution in [0.25, 0.3) is 0 Å². The average Bonchev–Trinajstić information content (AvgIpc) is 2.59. The molecule has 0 radical (unpaired) electrons. The van der Waals surface area contributed by atoms with Gasteiger partial charge in [-0.3, -0.25) is 4.79 Å². The van der Waals surface area contributed by atoms with E-state index < -0.39 is 9.84 Å². The van der Waals surface area contributed by atoms with Gasteiger partial charge < -0.3 is 20.1 Å². The van der Waals surface area contributed by atoms with Gasteiger partial charge in [0, 0.05) is 24.1 Å². The summed E-state index contributed by atoms with van der Waals surface area (Å²) >= 11 is 6.18. The predicted octanol–water partition coefficient (Wildman–Crippen LogP) is 2.57. The quantitative estimate of drug-likeness (QED) is 0.806. The molecule has 2 N–H and O–H groups in total. The fraction of sp³-hybridized carbons (Fsp3) is 0.235. The van der Waals surface area contributed by atoms with Crippen LogP contribution in [0.4, 0.5) is 11.4 Å². The van der Waals surface area contributed by atoms with Gasteiger partial charge in [0.25, 0.3) is 0 Å². The molecule has 9 heteroatoms. The van der Waals surface area contributed by atoms with E-state index in [0.717, 1.165) is 6.26 Å². The SMILES string of the molecule is CS(=O)(=O)c1ccc(NC(=O)CNc2cc3c(cc2Cl)OCCO3)cc1. The molecular formula is C17H17ClN2O5S. The van der Waals surface area contributed by atoms with E-state index in [1.807, 2.05) is 0 Å². The maximum absolute atomic E-state index is 12.1. The second-order valence-electron chi connectivity index (χ2n) is 5.67. The highest BCUT2D eigenvalue weighted by Crippen LogP contribution is 2.37. The molecule has 0 spiro atoms. The van der Waals surface area contributed by atoms with Crippen LogP contribution in [0.3, 0.4) is 0 Å². The average molecular weight is 397 g/mol. The van der Waals surface area contributed by atoms with Crippen LogP contribution in [-0.2, 0) is 14.6 Å². The van der Waals surface area contributed by atoms with Crippen LogP contribution < -0.4 is 20.1 Å². The summed E-state index contributed by atoms with van der Waals surface area (Å²) in [5, 5.41) is 6.04. The van der Waals surface area contributed by atoms with Crippen LogP contribution in [0.15, 0.2) is 41.3 Å². The molecule has 0 aromatic heterocycles. The van der Waals surface area contributed by atoms with E-state index in [4.69, 9.17) is 21.1 Å². The number of hydrogen-bond donors (Lipinski definition) is 2. The molecule has 26 heavy (non-hydrogen) atoms. The Morgan fingerprint density at radius 2 is 1.73 bits per heavy atom. The number of benzene rings is 2. The number of carbonyl (C=O) groups is 1. The Kier molecular flexibility index (Phi) is 5.24. The summed E-state index contributed by atoms with van der Waals surface area (Å²) in [5.74, 6) is 0.838. The molecule has 0 saturated carbocycles. The third-order valence-electron chi connectivity index (χ3n) is 3.64. The molecule has 1 amide bonds. The van der Waals surface area contributed by atoms with E-state index in [1.165, 1.54) is 24.3 Å². The van der Waals surface area contributed by atoms with Gasteiger partial charge in [-0.15, -0.1) is 0 Å². The second-order valence-corrected chi connectivity index (χ2v) is 8.10. The maximum atomic E-state index is 12.1. The van der Waals surface area contributed by atoms with Crippen molar-refractivity contribution in [1.29, 1.82) is 0 Å². The van der Waals surface area contributed by atoms with Crippen molar-refractivity contribution in [1.82, 2.24) is 0 Å². The smallest absolute Gasteiger partial charge is 0.243 e. The van der Waals surface area contributed by atoms with Crippen LogP contribution in [-0.4, -0.2) is 40.3 Å². The molecule has 0 bridgehead atoms. The van der Waals surface area contributed by atoms with Gasteiger partial charge in [-0.05, 0) is 24.3 Å². The number of carbonyl (C=O) groups excluding carboxylic acids is 1. The first-order chi connectivity index (χ1) is 12.3. The first-order valence-corrected chi connectivity index (χ1v) is 10.0. The minimum absolute atomic E-state index is 0.0206. The zero-order chi connectivity index (χ0) is 18.7. The number of hydrogen-bond acceptors (Lipinski definition) is 6. The molecule has 2 aromatic rings. The highest BCUT2D eigenvalue weighted by molar-refractivity contribution is 7.90. The van der Waals surface area contributed by atoms with Crippen molar-refractivity contribution in [3.8, 4) is 11.5 Å². The zero-order valence-electron chi connectivity index (χ0n) is 13.9. The summed E-state index contributed by atoms with van der Waals surface area (Å²) in [6.45, 7) is 0.905. The molecule has 1 heterocycles. The van der Waals surface area contributed by atoms with Gasteiger partial charge in [0.05, 0.1) is 22.2 Å². The number of anilines is 2. The Bertz CT molecular complexity index is 929. The summed E-state index contributed by atoms with van der Waals surface area (Å²) in [5.41, 5.74) is 1.05. The number of nitrogens with one attached hydrogen (secondary N) is 2. The fourth-order valence-electron chi connectivity index (χ4n) is 2.37. The molecule has 3 rings (SSSR count). The lowest BCUT2D eigenvalue weighted by molar-refractivity contribution is -0.114. The number of ether oxygens (including phenoxy) is 2. The molecule has 1 aliphatic rings. The lowest BCUT2D eigenvalue weighted by Crippen LogP contribution is -2.22. The van der Waals surface area contributed by atoms with Crippen LogP contribution in [0.2, 0.25) is 5.02 Å². The molecular weight excluding hydrogens is 380 g/mol. The normalized spacial score (nSPS) is 13.2. The van der Waals surface area contributed by atoms with Gasteiger partial charge in [0.2, 0.25) is 5.91 Å². The van der Waals surface area contributed by atoms with Gasteiger partial charge >= 0.3 is 0 Å². The van der Waals surface area contributed by atoms with Crippen molar-refractivity contribution in [2.24, 2.45) is 0 Å². The molecule has 0 fully saturated rings. The summed E-state index contributed by atoms with van der Waals surface area (Å²) < 4.78 is 33.8. The van der Waals surface area contributed by atoms with Crippen molar-refractivity contribution in [3.63, 3.8) is 0 Å². The van der Waals surface area contributed by atoms with Crippen molar-refractivity contribution >= 4 is 38.7 Å². The summed E-state index contributed by atoms with van der Waals surface area (Å²) in [6, 6.07) is 9.27. The number of fused-ring (bicyclic) bond motifs is 1. The topological polar surface area (TPSA) is 93.7 Å². The van der Waals surface area contributed by atoms with Crippen molar-refractivity contribution in [3.05, 3.63) is 41.4 Å². The molecule has 0 aliphatic carbocycles. The molecule has 0 saturated heterocycles. The minimum Gasteiger partial charge on any atom is -0.486 e. The Morgan fingerprint density at radius 1 is 1.12 bits per heavy atom. The van der Waals surface area contributed by atoms with E-state index in [1.54, 1.807) is 12.1 Å². The summed E-state index contributed by atoms with van der Waals surface area (Å²) in [4.78, 5) is 12.3. The maximum Gasteiger partial charge on any atom is 0.243 e. The first kappa shape index (κ1) is 18.3. The third kappa shape index (κ3) is 4.39. The van der Waals surface area contributed by atoms with Crippen molar-refractivity contribution < 1.29 is 22.7 Å². The van der Waals surface area contributed by atoms with Crippen LogP contribution in [0, 0.1) is 0 Å². The molecule has 0 unspecified atom stereocenters. The van der Waals surface area contributed by atoms with Gasteiger partial charge in [-0.2, -0.15) is 0 Å². The number of sulfone groups is 1. The number of halogens is 1. The van der Waals surface area contributed by atoms with Gasteiger partial charge in [0.1, 0.15) is 13.2 Å². The van der Waals surface area contributed by atoms with E-state index in [2.05, 4.69) is 10.6 Å². The molecule has 138 valence electrons. The van der Waals surface area contributed by atoms with E-state index >= 15 is 0 Å². The highest BCUT2D eigenvalue weighted by atomic mass is 35.5. The molecule has 1 aliphatic heterocycles. The monoisotopic (exact) mass is 396 g/mol. The lowest BCUT2D eigenvalue weighted by Gasteiger charge is -2.20. The zero-order valence-corrected chi connectivity index (χ0v) is 15.5.